The number of likely N-dealkylation sites (tertiary alicyclic amines) is 1. The van der Waals surface area contributed by atoms with E-state index >= 15 is 0 Å². The SMILES string of the molecule is Cc1ccc(-c2cc3c(c(OC[C@@H]4CCCN(C)C4)c2)OCCN(C(=O)C2CC2)C3)s1. The smallest absolute Gasteiger partial charge is 0.226 e. The molecule has 6 heteroatoms. The first-order valence-corrected chi connectivity index (χ1v) is 12.3. The molecule has 1 saturated heterocycles. The van der Waals surface area contributed by atoms with Gasteiger partial charge in [0.25, 0.3) is 0 Å². The fourth-order valence-electron chi connectivity index (χ4n) is 4.72. The van der Waals surface area contributed by atoms with Crippen LogP contribution in [0, 0.1) is 18.8 Å². The number of hydrogen-bond acceptors (Lipinski definition) is 5. The molecular formula is C25H32N2O3S. The Kier molecular flexibility index (Phi) is 5.93. The predicted octanol–water partition coefficient (Wildman–Crippen LogP) is 4.58. The van der Waals surface area contributed by atoms with Gasteiger partial charge in [-0.25, -0.2) is 0 Å². The fourth-order valence-corrected chi connectivity index (χ4v) is 5.57. The van der Waals surface area contributed by atoms with Crippen molar-refractivity contribution in [3.05, 3.63) is 34.7 Å². The molecule has 5 rings (SSSR count). The van der Waals surface area contributed by atoms with Crippen LogP contribution in [0.5, 0.6) is 11.5 Å². The third-order valence-electron chi connectivity index (χ3n) is 6.56. The summed E-state index contributed by atoms with van der Waals surface area (Å²) in [4.78, 5) is 19.7. The van der Waals surface area contributed by atoms with Gasteiger partial charge in [0, 0.05) is 40.2 Å². The maximum atomic E-state index is 12.8. The molecular weight excluding hydrogens is 408 g/mol. The maximum absolute atomic E-state index is 12.8. The Bertz CT molecular complexity index is 952. The van der Waals surface area contributed by atoms with E-state index in [1.807, 2.05) is 4.90 Å². The van der Waals surface area contributed by atoms with Crippen LogP contribution in [-0.4, -0.2) is 55.6 Å². The Morgan fingerprint density at radius 2 is 2.10 bits per heavy atom. The van der Waals surface area contributed by atoms with Crippen molar-refractivity contribution in [3.8, 4) is 21.9 Å². The number of fused-ring (bicyclic) bond motifs is 1. The van der Waals surface area contributed by atoms with E-state index in [9.17, 15) is 4.79 Å². The number of aryl methyl sites for hydroxylation is 1. The van der Waals surface area contributed by atoms with Crippen molar-refractivity contribution in [2.45, 2.75) is 39.2 Å². The van der Waals surface area contributed by atoms with Crippen LogP contribution in [0.3, 0.4) is 0 Å². The molecule has 5 nitrogen and oxygen atoms in total. The van der Waals surface area contributed by atoms with Crippen LogP contribution in [0.2, 0.25) is 0 Å². The highest BCUT2D eigenvalue weighted by Gasteiger charge is 2.35. The Labute approximate surface area is 188 Å². The van der Waals surface area contributed by atoms with Gasteiger partial charge in [0.05, 0.1) is 13.2 Å². The van der Waals surface area contributed by atoms with Crippen LogP contribution in [0.4, 0.5) is 0 Å². The van der Waals surface area contributed by atoms with Gasteiger partial charge in [0.15, 0.2) is 11.5 Å². The van der Waals surface area contributed by atoms with Gasteiger partial charge < -0.3 is 19.3 Å². The minimum absolute atomic E-state index is 0.226. The minimum Gasteiger partial charge on any atom is -0.489 e. The molecule has 166 valence electrons. The zero-order valence-corrected chi connectivity index (χ0v) is 19.4. The highest BCUT2D eigenvalue weighted by molar-refractivity contribution is 7.15. The summed E-state index contributed by atoms with van der Waals surface area (Å²) < 4.78 is 12.6. The van der Waals surface area contributed by atoms with E-state index in [4.69, 9.17) is 9.47 Å². The lowest BCUT2D eigenvalue weighted by Crippen LogP contribution is -2.34. The summed E-state index contributed by atoms with van der Waals surface area (Å²) >= 11 is 1.79. The number of piperidine rings is 1. The molecule has 1 aromatic carbocycles. The average Bonchev–Trinajstić information content (AvgIpc) is 3.55. The normalized spacial score (nSPS) is 21.9. The van der Waals surface area contributed by atoms with Gasteiger partial charge in [-0.1, -0.05) is 0 Å². The van der Waals surface area contributed by atoms with Crippen molar-refractivity contribution < 1.29 is 14.3 Å². The largest absolute Gasteiger partial charge is 0.489 e. The predicted molar refractivity (Wildman–Crippen MR) is 124 cm³/mol. The molecule has 2 aromatic rings. The molecule has 1 atom stereocenters. The zero-order valence-electron chi connectivity index (χ0n) is 18.6. The summed E-state index contributed by atoms with van der Waals surface area (Å²) in [6.45, 7) is 6.86. The number of amides is 1. The zero-order chi connectivity index (χ0) is 21.4. The summed E-state index contributed by atoms with van der Waals surface area (Å²) in [7, 11) is 2.19. The first-order valence-electron chi connectivity index (χ1n) is 11.5. The van der Waals surface area contributed by atoms with E-state index < -0.39 is 0 Å². The van der Waals surface area contributed by atoms with Crippen molar-refractivity contribution in [1.82, 2.24) is 9.80 Å². The average molecular weight is 441 g/mol. The molecule has 0 bridgehead atoms. The van der Waals surface area contributed by atoms with Gasteiger partial charge in [0.2, 0.25) is 5.91 Å². The number of nitrogens with zero attached hydrogens (tertiary/aromatic N) is 2. The van der Waals surface area contributed by atoms with E-state index in [2.05, 4.69) is 43.1 Å². The molecule has 0 radical (unpaired) electrons. The second-order valence-corrected chi connectivity index (χ2v) is 10.6. The number of hydrogen-bond donors (Lipinski definition) is 0. The molecule has 1 amide bonds. The van der Waals surface area contributed by atoms with E-state index in [1.165, 1.54) is 29.1 Å². The van der Waals surface area contributed by atoms with E-state index in [0.717, 1.165) is 42.0 Å². The van der Waals surface area contributed by atoms with Crippen molar-refractivity contribution >= 4 is 17.2 Å². The third kappa shape index (κ3) is 4.75. The molecule has 3 aliphatic rings. The minimum atomic E-state index is 0.226. The summed E-state index contributed by atoms with van der Waals surface area (Å²) in [5, 5.41) is 0. The Morgan fingerprint density at radius 1 is 1.23 bits per heavy atom. The molecule has 1 aliphatic carbocycles. The highest BCUT2D eigenvalue weighted by Crippen LogP contribution is 2.41. The summed E-state index contributed by atoms with van der Waals surface area (Å²) in [6.07, 6.45) is 4.50. The van der Waals surface area contributed by atoms with Crippen molar-refractivity contribution in [1.29, 1.82) is 0 Å². The fraction of sp³-hybridized carbons (Fsp3) is 0.560. The van der Waals surface area contributed by atoms with Crippen LogP contribution in [0.15, 0.2) is 24.3 Å². The molecule has 1 aromatic heterocycles. The monoisotopic (exact) mass is 440 g/mol. The van der Waals surface area contributed by atoms with Crippen LogP contribution in [0.1, 0.15) is 36.1 Å². The lowest BCUT2D eigenvalue weighted by Gasteiger charge is -2.29. The Morgan fingerprint density at radius 3 is 2.84 bits per heavy atom. The number of thiophene rings is 1. The molecule has 31 heavy (non-hydrogen) atoms. The summed E-state index contributed by atoms with van der Waals surface area (Å²) in [5.41, 5.74) is 2.21. The summed E-state index contributed by atoms with van der Waals surface area (Å²) in [6, 6.07) is 8.66. The van der Waals surface area contributed by atoms with Gasteiger partial charge in [-0.15, -0.1) is 11.3 Å². The van der Waals surface area contributed by atoms with Gasteiger partial charge in [0.1, 0.15) is 6.61 Å². The number of carbonyl (C=O) groups is 1. The van der Waals surface area contributed by atoms with Crippen LogP contribution < -0.4 is 9.47 Å². The quantitative estimate of drug-likeness (QED) is 0.683. The standard InChI is InChI=1S/C25H32N2O3S/c1-17-5-8-23(31-17)20-12-21-15-27(25(28)19-6-7-19)10-11-29-24(21)22(13-20)30-16-18-4-3-9-26(2)14-18/h5,8,12-13,18-19H,3-4,6-7,9-11,14-16H2,1-2H3/t18-/m1/s1. The molecule has 3 heterocycles. The number of ether oxygens (including phenoxy) is 2. The lowest BCUT2D eigenvalue weighted by atomic mass is 9.99. The van der Waals surface area contributed by atoms with Gasteiger partial charge in [-0.05, 0) is 76.0 Å². The van der Waals surface area contributed by atoms with Crippen LogP contribution >= 0.6 is 11.3 Å². The number of carbonyl (C=O) groups excluding carboxylic acids is 1. The van der Waals surface area contributed by atoms with Gasteiger partial charge in [-0.3, -0.25) is 4.79 Å². The third-order valence-corrected chi connectivity index (χ3v) is 7.61. The Hall–Kier alpha value is -2.05. The van der Waals surface area contributed by atoms with Crippen molar-refractivity contribution in [2.24, 2.45) is 11.8 Å². The molecule has 0 unspecified atom stereocenters. The molecule has 1 saturated carbocycles. The molecule has 2 aliphatic heterocycles. The summed E-state index contributed by atoms with van der Waals surface area (Å²) in [5.74, 6) is 2.70. The molecule has 0 spiro atoms. The van der Waals surface area contributed by atoms with Crippen molar-refractivity contribution in [3.63, 3.8) is 0 Å². The maximum Gasteiger partial charge on any atom is 0.226 e. The molecule has 0 N–H and O–H groups in total. The van der Waals surface area contributed by atoms with Crippen LogP contribution in [-0.2, 0) is 11.3 Å². The first-order chi connectivity index (χ1) is 15.1. The van der Waals surface area contributed by atoms with E-state index in [-0.39, 0.29) is 11.8 Å². The van der Waals surface area contributed by atoms with Gasteiger partial charge >= 0.3 is 0 Å². The lowest BCUT2D eigenvalue weighted by molar-refractivity contribution is -0.133. The number of rotatable bonds is 5. The highest BCUT2D eigenvalue weighted by atomic mass is 32.1. The Balaban J connectivity index is 1.44. The van der Waals surface area contributed by atoms with Crippen molar-refractivity contribution in [2.75, 3.05) is 39.9 Å². The van der Waals surface area contributed by atoms with Crippen LogP contribution in [0.25, 0.3) is 10.4 Å². The number of benzene rings is 1. The second-order valence-electron chi connectivity index (χ2n) is 9.34. The van der Waals surface area contributed by atoms with Gasteiger partial charge in [-0.2, -0.15) is 0 Å². The second kappa shape index (κ2) is 8.83. The molecule has 2 fully saturated rings. The first kappa shape index (κ1) is 20.8. The topological polar surface area (TPSA) is 42.0 Å². The van der Waals surface area contributed by atoms with E-state index in [0.29, 0.717) is 32.2 Å². The van der Waals surface area contributed by atoms with E-state index in [1.54, 1.807) is 11.3 Å².